The van der Waals surface area contributed by atoms with Crippen LogP contribution in [0.15, 0.2) is 12.7 Å². The van der Waals surface area contributed by atoms with Gasteiger partial charge in [0.25, 0.3) is 0 Å². The van der Waals surface area contributed by atoms with Crippen molar-refractivity contribution in [1.29, 1.82) is 0 Å². The van der Waals surface area contributed by atoms with Crippen molar-refractivity contribution in [1.82, 2.24) is 0 Å². The molecular weight excluding hydrogens is 187 g/mol. The van der Waals surface area contributed by atoms with Gasteiger partial charge < -0.3 is 14.0 Å². The zero-order valence-electron chi connectivity index (χ0n) is 8.63. The number of hydrogen-bond donors (Lipinski definition) is 0. The van der Waals surface area contributed by atoms with Crippen molar-refractivity contribution >= 4 is 7.80 Å². The van der Waals surface area contributed by atoms with Gasteiger partial charge in [-0.15, -0.1) is 6.58 Å². The summed E-state index contributed by atoms with van der Waals surface area (Å²) in [6.07, 6.45) is 2.10. The topological polar surface area (TPSA) is 35.5 Å². The quantitative estimate of drug-likeness (QED) is 0.364. The van der Waals surface area contributed by atoms with E-state index in [4.69, 9.17) is 9.47 Å². The van der Waals surface area contributed by atoms with E-state index < -0.39 is 13.3 Å². The lowest BCUT2D eigenvalue weighted by atomic mass is 10.7. The molecule has 0 rings (SSSR count). The lowest BCUT2D eigenvalue weighted by Crippen LogP contribution is -2.28. The van der Waals surface area contributed by atoms with Crippen LogP contribution in [0.1, 0.15) is 20.8 Å². The van der Waals surface area contributed by atoms with Crippen LogP contribution < -0.4 is 0 Å². The minimum absolute atomic E-state index is 0.459. The smallest absolute Gasteiger partial charge is 0.216 e. The molecule has 13 heavy (non-hydrogen) atoms. The molecular formula is C9H19O3P. The van der Waals surface area contributed by atoms with Gasteiger partial charge in [0.2, 0.25) is 5.53 Å². The fourth-order valence-electron chi connectivity index (χ4n) is 1.07. The Hall–Kier alpha value is -0.110. The van der Waals surface area contributed by atoms with Gasteiger partial charge in [0.05, 0.1) is 0 Å². The van der Waals surface area contributed by atoms with Crippen LogP contribution in [-0.2, 0) is 14.0 Å². The van der Waals surface area contributed by atoms with Gasteiger partial charge in [-0.3, -0.25) is 0 Å². The Bertz CT molecular complexity index is 174. The molecule has 1 atom stereocenters. The first-order chi connectivity index (χ1) is 6.10. The molecule has 0 aromatic rings. The Balaban J connectivity index is 4.36. The molecule has 0 radical (unpaired) electrons. The van der Waals surface area contributed by atoms with Crippen molar-refractivity contribution < 1.29 is 14.0 Å². The second kappa shape index (κ2) is 6.36. The zero-order valence-corrected chi connectivity index (χ0v) is 9.63. The molecule has 78 valence electrons. The average molecular weight is 206 g/mol. The summed E-state index contributed by atoms with van der Waals surface area (Å²) in [6, 6.07) is 0. The molecule has 0 fully saturated rings. The highest BCUT2D eigenvalue weighted by Gasteiger charge is 2.31. The molecule has 0 aliphatic carbocycles. The first-order valence-corrected chi connectivity index (χ1v) is 6.14. The molecule has 0 aliphatic heterocycles. The normalized spacial score (nSPS) is 14.1. The summed E-state index contributed by atoms with van der Waals surface area (Å²) in [7, 11) is -1.92. The van der Waals surface area contributed by atoms with Crippen LogP contribution in [0.3, 0.4) is 0 Å². The van der Waals surface area contributed by atoms with Gasteiger partial charge in [-0.25, -0.2) is 0 Å². The predicted molar refractivity (Wildman–Crippen MR) is 55.7 cm³/mol. The fourth-order valence-corrected chi connectivity index (χ4v) is 2.31. The number of hydrogen-bond acceptors (Lipinski definition) is 3. The first-order valence-electron chi connectivity index (χ1n) is 4.52. The summed E-state index contributed by atoms with van der Waals surface area (Å²) in [5, 5.41) is 0. The summed E-state index contributed by atoms with van der Waals surface area (Å²) >= 11 is 0. The Labute approximate surface area is 80.9 Å². The highest BCUT2D eigenvalue weighted by atomic mass is 31.1. The molecule has 0 spiro atoms. The molecule has 0 heterocycles. The van der Waals surface area contributed by atoms with Crippen molar-refractivity contribution in [2.75, 3.05) is 19.4 Å². The minimum atomic E-state index is -1.92. The van der Waals surface area contributed by atoms with E-state index in [1.54, 1.807) is 13.0 Å². The number of rotatable bonds is 7. The van der Waals surface area contributed by atoms with E-state index in [0.717, 1.165) is 0 Å². The standard InChI is InChI=1S/C9H19O3P/c1-5-8-13(10)9(4,11-6-2)12-7-3/h5,13H,1,6-8H2,2-4H3. The van der Waals surface area contributed by atoms with E-state index in [1.165, 1.54) is 0 Å². The van der Waals surface area contributed by atoms with E-state index in [0.29, 0.717) is 19.4 Å². The average Bonchev–Trinajstić information content (AvgIpc) is 2.05. The number of allylic oxidation sites excluding steroid dienone is 1. The van der Waals surface area contributed by atoms with Crippen LogP contribution >= 0.6 is 7.80 Å². The molecule has 3 nitrogen and oxygen atoms in total. The van der Waals surface area contributed by atoms with Crippen LogP contribution in [-0.4, -0.2) is 24.9 Å². The van der Waals surface area contributed by atoms with E-state index in [-0.39, 0.29) is 0 Å². The van der Waals surface area contributed by atoms with Crippen LogP contribution in [0.25, 0.3) is 0 Å². The lowest BCUT2D eigenvalue weighted by Gasteiger charge is -2.28. The van der Waals surface area contributed by atoms with Crippen molar-refractivity contribution in [2.24, 2.45) is 0 Å². The van der Waals surface area contributed by atoms with Crippen molar-refractivity contribution in [2.45, 2.75) is 26.3 Å². The summed E-state index contributed by atoms with van der Waals surface area (Å²) < 4.78 is 22.4. The van der Waals surface area contributed by atoms with E-state index in [1.807, 2.05) is 13.8 Å². The maximum atomic E-state index is 11.7. The second-order valence-electron chi connectivity index (χ2n) is 2.73. The van der Waals surface area contributed by atoms with Gasteiger partial charge in [0, 0.05) is 19.4 Å². The highest BCUT2D eigenvalue weighted by Crippen LogP contribution is 2.40. The van der Waals surface area contributed by atoms with Crippen molar-refractivity contribution in [3.8, 4) is 0 Å². The maximum Gasteiger partial charge on any atom is 0.216 e. The number of ether oxygens (including phenoxy) is 2. The predicted octanol–water partition coefficient (Wildman–Crippen LogP) is 2.48. The van der Waals surface area contributed by atoms with Crippen LogP contribution in [0.2, 0.25) is 0 Å². The van der Waals surface area contributed by atoms with Gasteiger partial charge in [-0.1, -0.05) is 6.08 Å². The molecule has 0 aromatic carbocycles. The van der Waals surface area contributed by atoms with Crippen molar-refractivity contribution in [3.05, 3.63) is 12.7 Å². The summed E-state index contributed by atoms with van der Waals surface area (Å²) in [4.78, 5) is 0. The zero-order chi connectivity index (χ0) is 10.3. The Morgan fingerprint density at radius 1 is 1.38 bits per heavy atom. The summed E-state index contributed by atoms with van der Waals surface area (Å²) in [6.45, 7) is 10.0. The molecule has 1 unspecified atom stereocenters. The molecule has 0 aromatic heterocycles. The molecule has 0 bridgehead atoms. The molecule has 0 N–H and O–H groups in total. The third-order valence-electron chi connectivity index (χ3n) is 1.68. The first kappa shape index (κ1) is 12.9. The van der Waals surface area contributed by atoms with E-state index in [2.05, 4.69) is 6.58 Å². The monoisotopic (exact) mass is 206 g/mol. The van der Waals surface area contributed by atoms with Gasteiger partial charge in [-0.2, -0.15) is 0 Å². The van der Waals surface area contributed by atoms with Crippen LogP contribution in [0.5, 0.6) is 0 Å². The third kappa shape index (κ3) is 4.08. The molecule has 0 aliphatic rings. The minimum Gasteiger partial charge on any atom is -0.344 e. The summed E-state index contributed by atoms with van der Waals surface area (Å²) in [5.41, 5.74) is -0.914. The Morgan fingerprint density at radius 2 is 1.85 bits per heavy atom. The lowest BCUT2D eigenvalue weighted by molar-refractivity contribution is -0.159. The van der Waals surface area contributed by atoms with Gasteiger partial charge in [0.1, 0.15) is 7.80 Å². The summed E-state index contributed by atoms with van der Waals surface area (Å²) in [5.74, 6) is 0. The van der Waals surface area contributed by atoms with E-state index in [9.17, 15) is 4.57 Å². The van der Waals surface area contributed by atoms with Crippen molar-refractivity contribution in [3.63, 3.8) is 0 Å². The van der Waals surface area contributed by atoms with E-state index >= 15 is 0 Å². The molecule has 4 heteroatoms. The molecule has 0 amide bonds. The van der Waals surface area contributed by atoms with Gasteiger partial charge in [0.15, 0.2) is 0 Å². The Morgan fingerprint density at radius 3 is 2.15 bits per heavy atom. The third-order valence-corrected chi connectivity index (χ3v) is 3.64. The molecule has 0 saturated heterocycles. The fraction of sp³-hybridized carbons (Fsp3) is 0.778. The van der Waals surface area contributed by atoms with Crippen LogP contribution in [0.4, 0.5) is 0 Å². The maximum absolute atomic E-state index is 11.7. The second-order valence-corrected chi connectivity index (χ2v) is 4.89. The van der Waals surface area contributed by atoms with Crippen LogP contribution in [0, 0.1) is 0 Å². The largest absolute Gasteiger partial charge is 0.344 e. The van der Waals surface area contributed by atoms with Gasteiger partial charge >= 0.3 is 0 Å². The Kier molecular flexibility index (Phi) is 6.31. The highest BCUT2D eigenvalue weighted by molar-refractivity contribution is 7.46. The SMILES string of the molecule is C=CC[PH](=O)C(C)(OCC)OCC. The molecule has 0 saturated carbocycles. The van der Waals surface area contributed by atoms with Gasteiger partial charge in [-0.05, 0) is 20.8 Å².